The number of halogens is 1. The molecule has 1 aromatic heterocycles. The van der Waals surface area contributed by atoms with Gasteiger partial charge in [-0.2, -0.15) is 0 Å². The van der Waals surface area contributed by atoms with Gasteiger partial charge in [0.2, 0.25) is 0 Å². The van der Waals surface area contributed by atoms with Crippen molar-refractivity contribution in [3.8, 4) is 0 Å². The van der Waals surface area contributed by atoms with Crippen molar-refractivity contribution in [1.29, 1.82) is 0 Å². The van der Waals surface area contributed by atoms with Crippen molar-refractivity contribution in [1.82, 2.24) is 4.90 Å². The fourth-order valence-corrected chi connectivity index (χ4v) is 2.72. The van der Waals surface area contributed by atoms with Crippen molar-refractivity contribution >= 4 is 21.8 Å². The summed E-state index contributed by atoms with van der Waals surface area (Å²) in [7, 11) is 0. The van der Waals surface area contributed by atoms with E-state index < -0.39 is 0 Å². The molecular weight excluding hydrogens is 270 g/mol. The van der Waals surface area contributed by atoms with Gasteiger partial charge in [-0.15, -0.1) is 0 Å². The monoisotopic (exact) mass is 285 g/mol. The molecule has 0 spiro atoms. The lowest BCUT2D eigenvalue weighted by atomic mass is 10.1. The van der Waals surface area contributed by atoms with Gasteiger partial charge in [0.15, 0.2) is 0 Å². The summed E-state index contributed by atoms with van der Waals surface area (Å²) in [5.41, 5.74) is 1.72. The second-order valence-electron chi connectivity index (χ2n) is 4.35. The Morgan fingerprint density at radius 2 is 2.06 bits per heavy atom. The molecule has 1 aliphatic rings. The molecule has 0 N–H and O–H groups in total. The summed E-state index contributed by atoms with van der Waals surface area (Å²) in [6, 6.07) is 0. The summed E-state index contributed by atoms with van der Waals surface area (Å²) in [5, 5.41) is 0. The van der Waals surface area contributed by atoms with Crippen molar-refractivity contribution in [3.63, 3.8) is 0 Å². The summed E-state index contributed by atoms with van der Waals surface area (Å²) in [6.07, 6.45) is 1.03. The van der Waals surface area contributed by atoms with Crippen LogP contribution in [0.1, 0.15) is 33.9 Å². The number of rotatable bonds is 1. The number of carbonyl (C=O) groups excluding carboxylic acids is 1. The fourth-order valence-electron chi connectivity index (χ4n) is 2.17. The summed E-state index contributed by atoms with van der Waals surface area (Å²) >= 11 is 3.54. The fraction of sp³-hybridized carbons (Fsp3) is 0.583. The van der Waals surface area contributed by atoms with Gasteiger partial charge < -0.3 is 9.32 Å². The quantitative estimate of drug-likeness (QED) is 0.744. The van der Waals surface area contributed by atoms with Crippen LogP contribution in [0.4, 0.5) is 0 Å². The van der Waals surface area contributed by atoms with Crippen LogP contribution in [0.25, 0.3) is 0 Å². The van der Waals surface area contributed by atoms with Crippen LogP contribution in [0.3, 0.4) is 0 Å². The SMILES string of the molecule is Cc1oc(C)c(C(=O)N2CCC(Br)C2)c1C. The highest BCUT2D eigenvalue weighted by Crippen LogP contribution is 2.25. The minimum absolute atomic E-state index is 0.105. The molecule has 16 heavy (non-hydrogen) atoms. The highest BCUT2D eigenvalue weighted by molar-refractivity contribution is 9.09. The molecule has 4 heteroatoms. The van der Waals surface area contributed by atoms with Crippen LogP contribution >= 0.6 is 15.9 Å². The molecule has 0 aromatic carbocycles. The first kappa shape index (κ1) is 11.7. The molecule has 1 aliphatic heterocycles. The van der Waals surface area contributed by atoms with Gasteiger partial charge in [-0.1, -0.05) is 15.9 Å². The lowest BCUT2D eigenvalue weighted by Gasteiger charge is -2.15. The Hall–Kier alpha value is -0.770. The molecule has 0 bridgehead atoms. The molecule has 1 saturated heterocycles. The van der Waals surface area contributed by atoms with Crippen LogP contribution in [0.5, 0.6) is 0 Å². The van der Waals surface area contributed by atoms with E-state index in [-0.39, 0.29) is 5.91 Å². The zero-order valence-corrected chi connectivity index (χ0v) is 11.4. The maximum absolute atomic E-state index is 12.3. The molecule has 1 atom stereocenters. The predicted octanol–water partition coefficient (Wildman–Crippen LogP) is 2.81. The second kappa shape index (κ2) is 4.24. The molecule has 0 radical (unpaired) electrons. The normalized spacial score (nSPS) is 20.5. The number of nitrogens with zero attached hydrogens (tertiary/aromatic N) is 1. The molecule has 3 nitrogen and oxygen atoms in total. The Labute approximate surface area is 104 Å². The lowest BCUT2D eigenvalue weighted by Crippen LogP contribution is -2.29. The van der Waals surface area contributed by atoms with Crippen LogP contribution in [-0.4, -0.2) is 28.7 Å². The number of likely N-dealkylation sites (tertiary alicyclic amines) is 1. The number of hydrogen-bond acceptors (Lipinski definition) is 2. The lowest BCUT2D eigenvalue weighted by molar-refractivity contribution is 0.0791. The Balaban J connectivity index is 2.27. The van der Waals surface area contributed by atoms with Gasteiger partial charge in [0, 0.05) is 23.5 Å². The van der Waals surface area contributed by atoms with E-state index in [2.05, 4.69) is 15.9 Å². The smallest absolute Gasteiger partial charge is 0.257 e. The van der Waals surface area contributed by atoms with E-state index in [9.17, 15) is 4.79 Å². The van der Waals surface area contributed by atoms with Crippen LogP contribution in [0, 0.1) is 20.8 Å². The summed E-state index contributed by atoms with van der Waals surface area (Å²) in [5.74, 6) is 1.68. The maximum atomic E-state index is 12.3. The number of furan rings is 1. The predicted molar refractivity (Wildman–Crippen MR) is 66.2 cm³/mol. The van der Waals surface area contributed by atoms with Gasteiger partial charge in [0.25, 0.3) is 5.91 Å². The van der Waals surface area contributed by atoms with E-state index in [0.717, 1.165) is 42.2 Å². The highest BCUT2D eigenvalue weighted by atomic mass is 79.9. The van der Waals surface area contributed by atoms with Crippen LogP contribution in [0.2, 0.25) is 0 Å². The third-order valence-corrected chi connectivity index (χ3v) is 3.94. The summed E-state index contributed by atoms with van der Waals surface area (Å²) in [4.78, 5) is 14.6. The first-order valence-corrected chi connectivity index (χ1v) is 6.42. The standard InChI is InChI=1S/C12H16BrNO2/c1-7-8(2)16-9(3)11(7)12(15)14-5-4-10(13)6-14/h10H,4-6H2,1-3H3. The molecular formula is C12H16BrNO2. The first-order chi connectivity index (χ1) is 7.50. The third-order valence-electron chi connectivity index (χ3n) is 3.19. The van der Waals surface area contributed by atoms with Gasteiger partial charge in [-0.25, -0.2) is 0 Å². The Morgan fingerprint density at radius 1 is 1.38 bits per heavy atom. The van der Waals surface area contributed by atoms with Crippen molar-refractivity contribution in [2.45, 2.75) is 32.0 Å². The van der Waals surface area contributed by atoms with Crippen LogP contribution in [0.15, 0.2) is 4.42 Å². The van der Waals surface area contributed by atoms with Crippen molar-refractivity contribution in [2.75, 3.05) is 13.1 Å². The summed E-state index contributed by atoms with van der Waals surface area (Å²) < 4.78 is 5.49. The molecule has 1 unspecified atom stereocenters. The van der Waals surface area contributed by atoms with Gasteiger partial charge in [-0.3, -0.25) is 4.79 Å². The number of aryl methyl sites for hydroxylation is 2. The minimum atomic E-state index is 0.105. The number of hydrogen-bond donors (Lipinski definition) is 0. The van der Waals surface area contributed by atoms with Crippen LogP contribution in [-0.2, 0) is 0 Å². The largest absolute Gasteiger partial charge is 0.466 e. The molecule has 2 rings (SSSR count). The van der Waals surface area contributed by atoms with Gasteiger partial charge in [-0.05, 0) is 27.2 Å². The van der Waals surface area contributed by atoms with Gasteiger partial charge in [0.05, 0.1) is 5.56 Å². The maximum Gasteiger partial charge on any atom is 0.257 e. The molecule has 88 valence electrons. The van der Waals surface area contributed by atoms with E-state index in [1.165, 1.54) is 0 Å². The molecule has 1 fully saturated rings. The average molecular weight is 286 g/mol. The third kappa shape index (κ3) is 1.90. The van der Waals surface area contributed by atoms with Crippen molar-refractivity contribution in [3.05, 3.63) is 22.6 Å². The summed E-state index contributed by atoms with van der Waals surface area (Å²) in [6.45, 7) is 7.33. The van der Waals surface area contributed by atoms with E-state index in [0.29, 0.717) is 4.83 Å². The number of carbonyl (C=O) groups is 1. The minimum Gasteiger partial charge on any atom is -0.466 e. The van der Waals surface area contributed by atoms with E-state index >= 15 is 0 Å². The number of amides is 1. The average Bonchev–Trinajstić information content (AvgIpc) is 2.73. The molecule has 0 saturated carbocycles. The molecule has 1 aromatic rings. The Kier molecular flexibility index (Phi) is 3.10. The van der Waals surface area contributed by atoms with E-state index in [1.807, 2.05) is 25.7 Å². The molecule has 2 heterocycles. The van der Waals surface area contributed by atoms with Crippen molar-refractivity contribution < 1.29 is 9.21 Å². The Morgan fingerprint density at radius 3 is 2.50 bits per heavy atom. The molecule has 1 amide bonds. The number of alkyl halides is 1. The molecule has 0 aliphatic carbocycles. The topological polar surface area (TPSA) is 33.5 Å². The van der Waals surface area contributed by atoms with Crippen molar-refractivity contribution in [2.24, 2.45) is 0 Å². The van der Waals surface area contributed by atoms with Gasteiger partial charge in [0.1, 0.15) is 11.5 Å². The van der Waals surface area contributed by atoms with Crippen LogP contribution < -0.4 is 0 Å². The second-order valence-corrected chi connectivity index (χ2v) is 5.65. The first-order valence-electron chi connectivity index (χ1n) is 5.50. The Bertz CT molecular complexity index is 425. The zero-order chi connectivity index (χ0) is 11.9. The van der Waals surface area contributed by atoms with E-state index in [1.54, 1.807) is 0 Å². The van der Waals surface area contributed by atoms with E-state index in [4.69, 9.17) is 4.42 Å². The van der Waals surface area contributed by atoms with Gasteiger partial charge >= 0.3 is 0 Å². The zero-order valence-electron chi connectivity index (χ0n) is 9.84. The highest BCUT2D eigenvalue weighted by Gasteiger charge is 2.28.